The van der Waals surface area contributed by atoms with E-state index < -0.39 is 0 Å². The van der Waals surface area contributed by atoms with Crippen LogP contribution in [0.25, 0.3) is 0 Å². The van der Waals surface area contributed by atoms with Crippen molar-refractivity contribution in [3.63, 3.8) is 0 Å². The molecule has 74 heavy (non-hydrogen) atoms. The van der Waals surface area contributed by atoms with Crippen molar-refractivity contribution in [2.24, 2.45) is 43.8 Å². The van der Waals surface area contributed by atoms with E-state index in [4.69, 9.17) is 0 Å². The Labute approximate surface area is 462 Å². The minimum Gasteiger partial charge on any atom is -0.299 e. The molecular formula is C65H105NO6S2. The third kappa shape index (κ3) is 31.5. The number of carbonyl (C=O) groups excluding carboxylic acids is 6. The largest absolute Gasteiger partial charge is 0.299 e. The minimum atomic E-state index is -0.316. The molecule has 0 bridgehead atoms. The van der Waals surface area contributed by atoms with Crippen LogP contribution in [0.15, 0.2) is 108 Å². The zero-order chi connectivity index (χ0) is 55.2. The Morgan fingerprint density at radius 2 is 0.892 bits per heavy atom. The normalized spacial score (nSPS) is 12.7. The van der Waals surface area contributed by atoms with Gasteiger partial charge in [0.2, 0.25) is 0 Å². The SMILES string of the molecule is C.C.C.CC(C)(C)C(=O)C(C)(C)C.CC(C)(C)C(=O)C1CCCCC1.CC(C)(C)C(=O)CSc1ccccc1.CC(C)(C)C(=O)c1ccccc1.CC(C)(C)C(=O)c1cccnc1.CC(C)(C)C(=O)c1cccs1. The van der Waals surface area contributed by atoms with Gasteiger partial charge in [0, 0.05) is 72.2 Å². The van der Waals surface area contributed by atoms with E-state index in [0.717, 1.165) is 28.2 Å². The number of aromatic nitrogens is 1. The zero-order valence-electron chi connectivity index (χ0n) is 47.8. The fourth-order valence-electron chi connectivity index (χ4n) is 6.71. The van der Waals surface area contributed by atoms with Gasteiger partial charge in [-0.3, -0.25) is 33.8 Å². The third-order valence-electron chi connectivity index (χ3n) is 10.8. The third-order valence-corrected chi connectivity index (χ3v) is 12.7. The maximum absolute atomic E-state index is 11.8. The first-order valence-corrected chi connectivity index (χ1v) is 27.0. The second kappa shape index (κ2) is 33.6. The van der Waals surface area contributed by atoms with Gasteiger partial charge in [0.1, 0.15) is 17.3 Å². The quantitative estimate of drug-likeness (QED) is 0.133. The summed E-state index contributed by atoms with van der Waals surface area (Å²) >= 11 is 3.11. The van der Waals surface area contributed by atoms with Crippen molar-refractivity contribution in [1.82, 2.24) is 4.98 Å². The van der Waals surface area contributed by atoms with Crippen molar-refractivity contribution in [1.29, 1.82) is 0 Å². The Kier molecular flexibility index (Phi) is 34.6. The van der Waals surface area contributed by atoms with Gasteiger partial charge in [0.25, 0.3) is 0 Å². The standard InChI is InChI=1S/C12H16OS.C11H20O.C11H14O.C10H13NO.C9H12OS.C9H18O.3CH4/c1-12(2,3)11(13)9-14-10-7-5-4-6-8-10;2*1-11(2,3)10(12)9-7-5-4-6-8-9;1-10(2,3)9(12)8-5-4-6-11-7-8;1-9(2,3)8(10)7-5-4-6-11-7;1-8(2,3)7(10)9(4,5)6;;;/h4-8H,9H2,1-3H3;9H,4-8H2,1-3H3;4-8H,1-3H3;4-7H,1-3H3;4-6H,1-3H3;1-6H3;3*1H4. The van der Waals surface area contributed by atoms with Gasteiger partial charge in [0.05, 0.1) is 10.6 Å². The molecule has 9 heteroatoms. The summed E-state index contributed by atoms with van der Waals surface area (Å²) in [6.07, 6.45) is 9.38. The van der Waals surface area contributed by atoms with Crippen LogP contribution in [0.2, 0.25) is 0 Å². The van der Waals surface area contributed by atoms with Crippen LogP contribution in [0.4, 0.5) is 0 Å². The Hall–Kier alpha value is -4.34. The Morgan fingerprint density at radius 3 is 1.23 bits per heavy atom. The molecule has 1 fully saturated rings. The molecule has 2 aromatic heterocycles. The molecule has 418 valence electrons. The highest BCUT2D eigenvalue weighted by molar-refractivity contribution is 8.00. The van der Waals surface area contributed by atoms with Crippen molar-refractivity contribution in [2.45, 2.75) is 205 Å². The number of carbonyl (C=O) groups is 6. The summed E-state index contributed by atoms with van der Waals surface area (Å²) in [7, 11) is 0. The molecule has 0 saturated heterocycles. The average Bonchev–Trinajstić information content (AvgIpc) is 3.82. The first-order valence-electron chi connectivity index (χ1n) is 25.2. The minimum absolute atomic E-state index is 0. The maximum atomic E-state index is 11.8. The number of hydrogen-bond acceptors (Lipinski definition) is 9. The van der Waals surface area contributed by atoms with E-state index in [9.17, 15) is 28.8 Å². The van der Waals surface area contributed by atoms with Gasteiger partial charge in [-0.2, -0.15) is 0 Å². The number of benzene rings is 2. The van der Waals surface area contributed by atoms with Crippen LogP contribution in [0, 0.1) is 43.8 Å². The second-order valence-electron chi connectivity index (χ2n) is 25.4. The summed E-state index contributed by atoms with van der Waals surface area (Å²) in [5.74, 6) is 2.59. The van der Waals surface area contributed by atoms with Crippen molar-refractivity contribution in [2.75, 3.05) is 5.75 Å². The molecule has 0 unspecified atom stereocenters. The van der Waals surface area contributed by atoms with Gasteiger partial charge in [0.15, 0.2) is 17.3 Å². The molecule has 0 atom stereocenters. The highest BCUT2D eigenvalue weighted by atomic mass is 32.2. The van der Waals surface area contributed by atoms with Crippen LogP contribution in [0.3, 0.4) is 0 Å². The van der Waals surface area contributed by atoms with E-state index in [1.54, 1.807) is 36.3 Å². The Morgan fingerprint density at radius 1 is 0.473 bits per heavy atom. The molecule has 0 radical (unpaired) electrons. The molecule has 7 nitrogen and oxygen atoms in total. The molecule has 1 aliphatic carbocycles. The molecule has 0 N–H and O–H groups in total. The fraction of sp³-hybridized carbons (Fsp3) is 0.585. The summed E-state index contributed by atoms with van der Waals surface area (Å²) in [5.41, 5.74) is -0.0924. The van der Waals surface area contributed by atoms with Crippen molar-refractivity contribution < 1.29 is 28.8 Å². The molecule has 4 aromatic rings. The van der Waals surface area contributed by atoms with E-state index in [1.807, 2.05) is 224 Å². The molecule has 0 aliphatic heterocycles. The van der Waals surface area contributed by atoms with Gasteiger partial charge in [-0.05, 0) is 48.6 Å². The maximum Gasteiger partial charge on any atom is 0.178 e. The van der Waals surface area contributed by atoms with Crippen molar-refractivity contribution in [3.8, 4) is 0 Å². The van der Waals surface area contributed by atoms with Gasteiger partial charge in [-0.25, -0.2) is 0 Å². The summed E-state index contributed by atoms with van der Waals surface area (Å²) < 4.78 is 0. The topological polar surface area (TPSA) is 115 Å². The van der Waals surface area contributed by atoms with Crippen LogP contribution in [-0.4, -0.2) is 45.4 Å². The van der Waals surface area contributed by atoms with Gasteiger partial charge < -0.3 is 0 Å². The zero-order valence-corrected chi connectivity index (χ0v) is 49.5. The van der Waals surface area contributed by atoms with Crippen LogP contribution in [0.1, 0.15) is 230 Å². The number of thiophene rings is 1. The molecule has 2 heterocycles. The predicted octanol–water partition coefficient (Wildman–Crippen LogP) is 19.3. The smallest absolute Gasteiger partial charge is 0.178 e. The lowest BCUT2D eigenvalue weighted by atomic mass is 9.76. The van der Waals surface area contributed by atoms with Crippen molar-refractivity contribution in [3.05, 3.63) is 119 Å². The van der Waals surface area contributed by atoms with Gasteiger partial charge >= 0.3 is 0 Å². The first-order chi connectivity index (χ1) is 32.2. The number of Topliss-reactive ketones (excluding diaryl/α,β-unsaturated/α-hetero) is 6. The van der Waals surface area contributed by atoms with Gasteiger partial charge in [-0.15, -0.1) is 23.1 Å². The Bertz CT molecular complexity index is 2110. The number of rotatable bonds is 7. The molecular weight excluding hydrogens is 955 g/mol. The van der Waals surface area contributed by atoms with Crippen LogP contribution in [0.5, 0.6) is 0 Å². The molecule has 5 rings (SSSR count). The lowest BCUT2D eigenvalue weighted by Crippen LogP contribution is -2.32. The van der Waals surface area contributed by atoms with E-state index in [1.165, 1.54) is 30.6 Å². The number of ketones is 6. The summed E-state index contributed by atoms with van der Waals surface area (Å²) in [6, 6.07) is 26.8. The summed E-state index contributed by atoms with van der Waals surface area (Å²) in [4.78, 5) is 75.7. The van der Waals surface area contributed by atoms with Crippen molar-refractivity contribution >= 4 is 57.8 Å². The van der Waals surface area contributed by atoms with Gasteiger partial charge in [-0.1, -0.05) is 242 Å². The molecule has 2 aromatic carbocycles. The molecule has 1 aliphatic rings. The number of nitrogens with zero attached hydrogens (tertiary/aromatic N) is 1. The monoisotopic (exact) mass is 1060 g/mol. The van der Waals surface area contributed by atoms with E-state index in [2.05, 4.69) is 4.98 Å². The molecule has 0 amide bonds. The predicted molar refractivity (Wildman–Crippen MR) is 323 cm³/mol. The number of pyridine rings is 1. The lowest BCUT2D eigenvalue weighted by Gasteiger charge is -2.27. The van der Waals surface area contributed by atoms with E-state index >= 15 is 0 Å². The highest BCUT2D eigenvalue weighted by Crippen LogP contribution is 2.31. The van der Waals surface area contributed by atoms with Crippen LogP contribution in [-0.2, 0) is 14.4 Å². The molecule has 0 spiro atoms. The van der Waals surface area contributed by atoms with Crippen LogP contribution < -0.4 is 0 Å². The highest BCUT2D eigenvalue weighted by Gasteiger charge is 2.32. The summed E-state index contributed by atoms with van der Waals surface area (Å²) in [5, 5.41) is 1.93. The summed E-state index contributed by atoms with van der Waals surface area (Å²) in [6.45, 7) is 41.1. The lowest BCUT2D eigenvalue weighted by molar-refractivity contribution is -0.134. The van der Waals surface area contributed by atoms with E-state index in [0.29, 0.717) is 34.6 Å². The number of thioether (sulfide) groups is 1. The molecule has 1 saturated carbocycles. The second-order valence-corrected chi connectivity index (χ2v) is 27.4. The fourth-order valence-corrected chi connectivity index (χ4v) is 8.67. The van der Waals surface area contributed by atoms with Crippen LogP contribution >= 0.6 is 23.1 Å². The van der Waals surface area contributed by atoms with E-state index in [-0.39, 0.29) is 77.5 Å². The number of hydrogen-bond donors (Lipinski definition) is 0. The Balaban J connectivity index is -0.000000395. The first kappa shape index (κ1) is 76.2. The average molecular weight is 1060 g/mol.